The van der Waals surface area contributed by atoms with Crippen molar-refractivity contribution in [2.45, 2.75) is 13.3 Å². The second-order valence-electron chi connectivity index (χ2n) is 4.37. The summed E-state index contributed by atoms with van der Waals surface area (Å²) in [5, 5.41) is 3.33. The van der Waals surface area contributed by atoms with Crippen LogP contribution in [0.3, 0.4) is 0 Å². The maximum atomic E-state index is 13.3. The Morgan fingerprint density at radius 2 is 2.06 bits per heavy atom. The first-order chi connectivity index (χ1) is 7.77. The van der Waals surface area contributed by atoms with E-state index >= 15 is 0 Å². The summed E-state index contributed by atoms with van der Waals surface area (Å²) in [7, 11) is 0. The Kier molecular flexibility index (Phi) is 3.91. The molecule has 3 heteroatoms. The lowest BCUT2D eigenvalue weighted by Gasteiger charge is -2.27. The number of nitrogens with zero attached hydrogens (tertiary/aromatic N) is 1. The smallest absolute Gasteiger partial charge is 0.126 e. The third-order valence-electron chi connectivity index (χ3n) is 3.29. The molecule has 1 heterocycles. The fourth-order valence-corrected chi connectivity index (χ4v) is 2.14. The summed E-state index contributed by atoms with van der Waals surface area (Å²) < 4.78 is 13.3. The molecule has 0 saturated carbocycles. The molecule has 0 amide bonds. The fourth-order valence-electron chi connectivity index (χ4n) is 2.14. The molecule has 1 aliphatic heterocycles. The van der Waals surface area contributed by atoms with Crippen molar-refractivity contribution in [1.29, 1.82) is 0 Å². The van der Waals surface area contributed by atoms with Crippen LogP contribution in [0.4, 0.5) is 4.39 Å². The lowest BCUT2D eigenvalue weighted by atomic mass is 10.0. The zero-order valence-corrected chi connectivity index (χ0v) is 9.80. The largest absolute Gasteiger partial charge is 0.314 e. The monoisotopic (exact) mass is 222 g/mol. The summed E-state index contributed by atoms with van der Waals surface area (Å²) in [6.45, 7) is 7.25. The molecule has 2 nitrogen and oxygen atoms in total. The van der Waals surface area contributed by atoms with E-state index in [2.05, 4.69) is 10.2 Å². The molecule has 1 saturated heterocycles. The van der Waals surface area contributed by atoms with Gasteiger partial charge in [-0.1, -0.05) is 12.1 Å². The first-order valence-corrected chi connectivity index (χ1v) is 5.94. The minimum atomic E-state index is -0.0854. The van der Waals surface area contributed by atoms with Gasteiger partial charge in [0, 0.05) is 32.7 Å². The molecule has 0 atom stereocenters. The van der Waals surface area contributed by atoms with Crippen molar-refractivity contribution in [2.75, 3.05) is 32.7 Å². The Morgan fingerprint density at radius 3 is 2.81 bits per heavy atom. The highest BCUT2D eigenvalue weighted by molar-refractivity contribution is 5.27. The number of rotatable bonds is 3. The number of hydrogen-bond donors (Lipinski definition) is 1. The van der Waals surface area contributed by atoms with E-state index in [1.807, 2.05) is 13.0 Å². The average molecular weight is 222 g/mol. The number of benzene rings is 1. The van der Waals surface area contributed by atoms with Gasteiger partial charge in [0.15, 0.2) is 0 Å². The molecule has 0 spiro atoms. The van der Waals surface area contributed by atoms with Gasteiger partial charge in [-0.15, -0.1) is 0 Å². The molecule has 0 bridgehead atoms. The number of hydrogen-bond acceptors (Lipinski definition) is 2. The van der Waals surface area contributed by atoms with Crippen LogP contribution in [0.5, 0.6) is 0 Å². The van der Waals surface area contributed by atoms with Crippen LogP contribution in [0, 0.1) is 12.7 Å². The average Bonchev–Trinajstić information content (AvgIpc) is 2.32. The van der Waals surface area contributed by atoms with Crippen molar-refractivity contribution in [3.63, 3.8) is 0 Å². The number of piperazine rings is 1. The van der Waals surface area contributed by atoms with Gasteiger partial charge in [-0.2, -0.15) is 0 Å². The topological polar surface area (TPSA) is 15.3 Å². The van der Waals surface area contributed by atoms with E-state index in [4.69, 9.17) is 0 Å². The van der Waals surface area contributed by atoms with E-state index in [-0.39, 0.29) is 5.82 Å². The zero-order chi connectivity index (χ0) is 11.4. The van der Waals surface area contributed by atoms with E-state index < -0.39 is 0 Å². The van der Waals surface area contributed by atoms with Crippen LogP contribution in [-0.4, -0.2) is 37.6 Å². The SMILES string of the molecule is Cc1c(F)cccc1CCN1CCNCC1. The van der Waals surface area contributed by atoms with Gasteiger partial charge in [0.25, 0.3) is 0 Å². The third kappa shape index (κ3) is 2.80. The van der Waals surface area contributed by atoms with E-state index in [1.165, 1.54) is 6.07 Å². The van der Waals surface area contributed by atoms with E-state index in [0.29, 0.717) is 0 Å². The van der Waals surface area contributed by atoms with Gasteiger partial charge < -0.3 is 10.2 Å². The lowest BCUT2D eigenvalue weighted by molar-refractivity contribution is 0.243. The van der Waals surface area contributed by atoms with E-state index in [1.54, 1.807) is 6.07 Å². The van der Waals surface area contributed by atoms with Crippen LogP contribution in [0.15, 0.2) is 18.2 Å². The van der Waals surface area contributed by atoms with Crippen molar-refractivity contribution >= 4 is 0 Å². The van der Waals surface area contributed by atoms with Gasteiger partial charge in [0.05, 0.1) is 0 Å². The molecule has 16 heavy (non-hydrogen) atoms. The molecule has 1 aromatic carbocycles. The Bertz CT molecular complexity index is 346. The van der Waals surface area contributed by atoms with Gasteiger partial charge in [-0.3, -0.25) is 0 Å². The summed E-state index contributed by atoms with van der Waals surface area (Å²) in [4.78, 5) is 2.43. The minimum absolute atomic E-state index is 0.0854. The van der Waals surface area contributed by atoms with Crippen LogP contribution >= 0.6 is 0 Å². The molecule has 2 rings (SSSR count). The second kappa shape index (κ2) is 5.41. The van der Waals surface area contributed by atoms with Crippen molar-refractivity contribution in [1.82, 2.24) is 10.2 Å². The molecule has 1 N–H and O–H groups in total. The highest BCUT2D eigenvalue weighted by Gasteiger charge is 2.10. The molecule has 88 valence electrons. The Labute approximate surface area is 96.5 Å². The zero-order valence-electron chi connectivity index (χ0n) is 9.80. The Morgan fingerprint density at radius 1 is 1.31 bits per heavy atom. The molecule has 1 aliphatic rings. The Hall–Kier alpha value is -0.930. The molecule has 0 aromatic heterocycles. The van der Waals surface area contributed by atoms with E-state index in [0.717, 1.165) is 50.3 Å². The van der Waals surface area contributed by atoms with Crippen molar-refractivity contribution in [2.24, 2.45) is 0 Å². The number of nitrogens with one attached hydrogen (secondary N) is 1. The third-order valence-corrected chi connectivity index (χ3v) is 3.29. The standard InChI is InChI=1S/C13H19FN2/c1-11-12(3-2-4-13(11)14)5-8-16-9-6-15-7-10-16/h2-4,15H,5-10H2,1H3. The van der Waals surface area contributed by atoms with Crippen LogP contribution in [-0.2, 0) is 6.42 Å². The fraction of sp³-hybridized carbons (Fsp3) is 0.538. The molecule has 1 fully saturated rings. The van der Waals surface area contributed by atoms with Gasteiger partial charge in [0.2, 0.25) is 0 Å². The summed E-state index contributed by atoms with van der Waals surface area (Å²) in [5.41, 5.74) is 1.94. The highest BCUT2D eigenvalue weighted by Crippen LogP contribution is 2.13. The molecule has 0 unspecified atom stereocenters. The normalized spacial score (nSPS) is 17.6. The quantitative estimate of drug-likeness (QED) is 0.835. The Balaban J connectivity index is 1.91. The summed E-state index contributed by atoms with van der Waals surface area (Å²) in [6, 6.07) is 5.36. The first kappa shape index (κ1) is 11.6. The van der Waals surface area contributed by atoms with Crippen molar-refractivity contribution in [3.8, 4) is 0 Å². The maximum absolute atomic E-state index is 13.3. The predicted octanol–water partition coefficient (Wildman–Crippen LogP) is 1.58. The van der Waals surface area contributed by atoms with Crippen LogP contribution in [0.1, 0.15) is 11.1 Å². The van der Waals surface area contributed by atoms with Crippen molar-refractivity contribution < 1.29 is 4.39 Å². The number of halogens is 1. The van der Waals surface area contributed by atoms with Gasteiger partial charge in [-0.25, -0.2) is 4.39 Å². The highest BCUT2D eigenvalue weighted by atomic mass is 19.1. The maximum Gasteiger partial charge on any atom is 0.126 e. The van der Waals surface area contributed by atoms with Gasteiger partial charge in [0.1, 0.15) is 5.82 Å². The summed E-state index contributed by atoms with van der Waals surface area (Å²) >= 11 is 0. The minimum Gasteiger partial charge on any atom is -0.314 e. The molecular formula is C13H19FN2. The molecule has 1 aromatic rings. The van der Waals surface area contributed by atoms with Crippen LogP contribution in [0.25, 0.3) is 0 Å². The summed E-state index contributed by atoms with van der Waals surface area (Å²) in [6.07, 6.45) is 0.948. The van der Waals surface area contributed by atoms with Crippen LogP contribution < -0.4 is 5.32 Å². The predicted molar refractivity (Wildman–Crippen MR) is 64.2 cm³/mol. The second-order valence-corrected chi connectivity index (χ2v) is 4.37. The van der Waals surface area contributed by atoms with Gasteiger partial charge in [-0.05, 0) is 30.5 Å². The molecule has 0 radical (unpaired) electrons. The van der Waals surface area contributed by atoms with Crippen LogP contribution in [0.2, 0.25) is 0 Å². The molecular weight excluding hydrogens is 203 g/mol. The van der Waals surface area contributed by atoms with Crippen molar-refractivity contribution in [3.05, 3.63) is 35.1 Å². The van der Waals surface area contributed by atoms with E-state index in [9.17, 15) is 4.39 Å². The van der Waals surface area contributed by atoms with Gasteiger partial charge >= 0.3 is 0 Å². The lowest BCUT2D eigenvalue weighted by Crippen LogP contribution is -2.44. The first-order valence-electron chi connectivity index (χ1n) is 5.94. The summed E-state index contributed by atoms with van der Waals surface area (Å²) in [5.74, 6) is -0.0854. The molecule has 0 aliphatic carbocycles.